The second kappa shape index (κ2) is 15.3. The lowest BCUT2D eigenvalue weighted by atomic mass is 10.1. The molecule has 44 heavy (non-hydrogen) atoms. The molecule has 0 bridgehead atoms. The summed E-state index contributed by atoms with van der Waals surface area (Å²) in [5.74, 6) is -0.636. The Morgan fingerprint density at radius 2 is 1.57 bits per heavy atom. The maximum absolute atomic E-state index is 14.4. The van der Waals surface area contributed by atoms with Crippen LogP contribution in [0.2, 0.25) is 15.1 Å². The number of rotatable bonds is 13. The Balaban J connectivity index is 1.78. The molecular weight excluding hydrogens is 645 g/mol. The standard InChI is InChI=1S/C32H36Cl3N3O5S/c1-3-28(32(40)36-23-10-5-6-11-23)37(20-25-26(34)12-9-13-27(25)35)31(39)21-38(29-14-7-8-15-30(29)43-4-2)44(41,42)24-18-16-22(33)17-19-24/h7-9,12-19,23,28H,3-6,10-11,20-21H2,1-2H3,(H,36,40). The number of benzene rings is 3. The molecule has 1 N–H and O–H groups in total. The van der Waals surface area contributed by atoms with Gasteiger partial charge in [0.2, 0.25) is 11.8 Å². The highest BCUT2D eigenvalue weighted by atomic mass is 35.5. The van der Waals surface area contributed by atoms with E-state index in [1.54, 1.807) is 56.3 Å². The van der Waals surface area contributed by atoms with Crippen LogP contribution in [0.15, 0.2) is 71.6 Å². The summed E-state index contributed by atoms with van der Waals surface area (Å²) in [6.45, 7) is 3.14. The predicted octanol–water partition coefficient (Wildman–Crippen LogP) is 7.11. The maximum Gasteiger partial charge on any atom is 0.264 e. The lowest BCUT2D eigenvalue weighted by Crippen LogP contribution is -2.53. The lowest BCUT2D eigenvalue weighted by molar-refractivity contribution is -0.140. The molecule has 1 unspecified atom stereocenters. The fraction of sp³-hybridized carbons (Fsp3) is 0.375. The summed E-state index contributed by atoms with van der Waals surface area (Å²) in [5.41, 5.74) is 0.634. The average molecular weight is 681 g/mol. The van der Waals surface area contributed by atoms with Crippen LogP contribution in [0.25, 0.3) is 0 Å². The smallest absolute Gasteiger partial charge is 0.264 e. The van der Waals surface area contributed by atoms with Gasteiger partial charge in [-0.25, -0.2) is 8.42 Å². The highest BCUT2D eigenvalue weighted by molar-refractivity contribution is 7.92. The van der Waals surface area contributed by atoms with E-state index in [-0.39, 0.29) is 47.9 Å². The summed E-state index contributed by atoms with van der Waals surface area (Å²) < 4.78 is 35.1. The zero-order chi connectivity index (χ0) is 31.9. The number of ether oxygens (including phenoxy) is 1. The molecule has 0 spiro atoms. The molecular formula is C32H36Cl3N3O5S. The monoisotopic (exact) mass is 679 g/mol. The molecule has 0 aromatic heterocycles. The van der Waals surface area contributed by atoms with Gasteiger partial charge in [-0.1, -0.05) is 72.8 Å². The van der Waals surface area contributed by atoms with Gasteiger partial charge in [0.15, 0.2) is 0 Å². The number of hydrogen-bond donors (Lipinski definition) is 1. The molecule has 0 heterocycles. The largest absolute Gasteiger partial charge is 0.492 e. The number of halogens is 3. The number of carbonyl (C=O) groups excluding carboxylic acids is 2. The number of nitrogens with zero attached hydrogens (tertiary/aromatic N) is 2. The Hall–Kier alpha value is -2.98. The third-order valence-electron chi connectivity index (χ3n) is 7.59. The minimum atomic E-state index is -4.31. The number of sulfonamides is 1. The van der Waals surface area contributed by atoms with Gasteiger partial charge in [-0.05, 0) is 74.7 Å². The van der Waals surface area contributed by atoms with E-state index in [9.17, 15) is 18.0 Å². The molecule has 1 atom stereocenters. The molecule has 1 aliphatic rings. The van der Waals surface area contributed by atoms with Crippen molar-refractivity contribution in [3.63, 3.8) is 0 Å². The highest BCUT2D eigenvalue weighted by Crippen LogP contribution is 2.34. The molecule has 3 aromatic rings. The van der Waals surface area contributed by atoms with Gasteiger partial charge in [0.25, 0.3) is 10.0 Å². The number of para-hydroxylation sites is 2. The van der Waals surface area contributed by atoms with Crippen LogP contribution >= 0.6 is 34.8 Å². The Labute approximate surface area is 274 Å². The summed E-state index contributed by atoms with van der Waals surface area (Å²) in [5, 5.41) is 4.11. The minimum absolute atomic E-state index is 0.0252. The van der Waals surface area contributed by atoms with Crippen molar-refractivity contribution in [2.75, 3.05) is 17.5 Å². The Morgan fingerprint density at radius 1 is 0.932 bits per heavy atom. The number of anilines is 1. The third-order valence-corrected chi connectivity index (χ3v) is 10.3. The molecule has 8 nitrogen and oxygen atoms in total. The van der Waals surface area contributed by atoms with Crippen LogP contribution in [0, 0.1) is 0 Å². The zero-order valence-corrected chi connectivity index (χ0v) is 27.7. The van der Waals surface area contributed by atoms with Gasteiger partial charge in [-0.3, -0.25) is 13.9 Å². The molecule has 236 valence electrons. The van der Waals surface area contributed by atoms with Crippen molar-refractivity contribution < 1.29 is 22.7 Å². The molecule has 3 aromatic carbocycles. The van der Waals surface area contributed by atoms with E-state index in [1.807, 2.05) is 0 Å². The molecule has 0 saturated heterocycles. The van der Waals surface area contributed by atoms with Crippen molar-refractivity contribution in [3.8, 4) is 5.75 Å². The Bertz CT molecular complexity index is 1540. The van der Waals surface area contributed by atoms with Crippen molar-refractivity contribution >= 4 is 62.3 Å². The van der Waals surface area contributed by atoms with Crippen molar-refractivity contribution in [1.82, 2.24) is 10.2 Å². The van der Waals surface area contributed by atoms with Crippen LogP contribution in [-0.2, 0) is 26.2 Å². The van der Waals surface area contributed by atoms with Crippen LogP contribution in [-0.4, -0.2) is 50.4 Å². The van der Waals surface area contributed by atoms with Crippen LogP contribution in [0.5, 0.6) is 5.75 Å². The van der Waals surface area contributed by atoms with E-state index >= 15 is 0 Å². The van der Waals surface area contributed by atoms with Gasteiger partial charge in [-0.2, -0.15) is 0 Å². The van der Waals surface area contributed by atoms with E-state index in [1.165, 1.54) is 29.2 Å². The highest BCUT2D eigenvalue weighted by Gasteiger charge is 2.36. The van der Waals surface area contributed by atoms with E-state index in [0.29, 0.717) is 20.6 Å². The van der Waals surface area contributed by atoms with Crippen molar-refractivity contribution in [3.05, 3.63) is 87.4 Å². The first-order valence-electron chi connectivity index (χ1n) is 14.6. The van der Waals surface area contributed by atoms with Crippen molar-refractivity contribution in [1.29, 1.82) is 0 Å². The zero-order valence-electron chi connectivity index (χ0n) is 24.6. The molecule has 12 heteroatoms. The van der Waals surface area contributed by atoms with E-state index in [2.05, 4.69) is 5.32 Å². The van der Waals surface area contributed by atoms with Gasteiger partial charge < -0.3 is 15.0 Å². The quantitative estimate of drug-likeness (QED) is 0.208. The molecule has 0 radical (unpaired) electrons. The SMILES string of the molecule is CCOc1ccccc1N(CC(=O)N(Cc1c(Cl)cccc1Cl)C(CC)C(=O)NC1CCCC1)S(=O)(=O)c1ccc(Cl)cc1. The fourth-order valence-corrected chi connectivity index (χ4v) is 7.40. The number of nitrogens with one attached hydrogen (secondary N) is 1. The third kappa shape index (κ3) is 7.99. The van der Waals surface area contributed by atoms with Gasteiger partial charge in [-0.15, -0.1) is 0 Å². The summed E-state index contributed by atoms with van der Waals surface area (Å²) in [6.07, 6.45) is 4.07. The molecule has 4 rings (SSSR count). The molecule has 2 amide bonds. The molecule has 1 aliphatic carbocycles. The number of amides is 2. The summed E-state index contributed by atoms with van der Waals surface area (Å²) >= 11 is 19.1. The normalized spacial score (nSPS) is 14.2. The Morgan fingerprint density at radius 3 is 2.18 bits per heavy atom. The second-order valence-electron chi connectivity index (χ2n) is 10.5. The molecule has 1 fully saturated rings. The van der Waals surface area contributed by atoms with Crippen LogP contribution < -0.4 is 14.4 Å². The van der Waals surface area contributed by atoms with Gasteiger partial charge in [0, 0.05) is 33.2 Å². The topological polar surface area (TPSA) is 96.0 Å². The van der Waals surface area contributed by atoms with Gasteiger partial charge >= 0.3 is 0 Å². The Kier molecular flexibility index (Phi) is 11.8. The predicted molar refractivity (Wildman–Crippen MR) is 175 cm³/mol. The van der Waals surface area contributed by atoms with Crippen molar-refractivity contribution in [2.24, 2.45) is 0 Å². The fourth-order valence-electron chi connectivity index (χ4n) is 5.33. The minimum Gasteiger partial charge on any atom is -0.492 e. The van der Waals surface area contributed by atoms with Crippen molar-refractivity contribution in [2.45, 2.75) is 69.5 Å². The van der Waals surface area contributed by atoms with Crippen LogP contribution in [0.3, 0.4) is 0 Å². The first-order valence-corrected chi connectivity index (χ1v) is 17.2. The van der Waals surface area contributed by atoms with Gasteiger partial charge in [0.05, 0.1) is 17.2 Å². The molecule has 1 saturated carbocycles. The van der Waals surface area contributed by atoms with Crippen LogP contribution in [0.4, 0.5) is 5.69 Å². The molecule has 0 aliphatic heterocycles. The van der Waals surface area contributed by atoms with Gasteiger partial charge in [0.1, 0.15) is 18.3 Å². The van der Waals surface area contributed by atoms with Crippen LogP contribution in [0.1, 0.15) is 51.5 Å². The lowest BCUT2D eigenvalue weighted by Gasteiger charge is -2.34. The number of carbonyl (C=O) groups is 2. The van der Waals surface area contributed by atoms with E-state index < -0.39 is 28.5 Å². The second-order valence-corrected chi connectivity index (χ2v) is 13.6. The van der Waals surface area contributed by atoms with E-state index in [4.69, 9.17) is 39.5 Å². The summed E-state index contributed by atoms with van der Waals surface area (Å²) in [6, 6.07) is 16.4. The first-order chi connectivity index (χ1) is 21.1. The summed E-state index contributed by atoms with van der Waals surface area (Å²) in [4.78, 5) is 29.3. The maximum atomic E-state index is 14.4. The number of hydrogen-bond acceptors (Lipinski definition) is 5. The first kappa shape index (κ1) is 33.9. The average Bonchev–Trinajstić information content (AvgIpc) is 3.51. The van der Waals surface area contributed by atoms with E-state index in [0.717, 1.165) is 30.0 Å². The summed E-state index contributed by atoms with van der Waals surface area (Å²) in [7, 11) is -4.31.